The van der Waals surface area contributed by atoms with Crippen molar-refractivity contribution >= 4 is 41.8 Å². The van der Waals surface area contributed by atoms with Gasteiger partial charge in [0.1, 0.15) is 0 Å². The highest BCUT2D eigenvalue weighted by Crippen LogP contribution is 2.27. The molecule has 1 saturated heterocycles. The van der Waals surface area contributed by atoms with Crippen LogP contribution in [0.5, 0.6) is 0 Å². The normalized spacial score (nSPS) is 18.3. The molecule has 1 aromatic heterocycles. The molecule has 2 atom stereocenters. The van der Waals surface area contributed by atoms with E-state index in [0.29, 0.717) is 25.1 Å². The Morgan fingerprint density at radius 3 is 2.77 bits per heavy atom. The quantitative estimate of drug-likeness (QED) is 0.613. The molecular formula is C21H24Cl2F2N4O. The van der Waals surface area contributed by atoms with Crippen LogP contribution < -0.4 is 10.6 Å². The summed E-state index contributed by atoms with van der Waals surface area (Å²) in [5.74, 6) is -1.83. The van der Waals surface area contributed by atoms with E-state index in [9.17, 15) is 13.6 Å². The molecule has 0 bridgehead atoms. The van der Waals surface area contributed by atoms with E-state index in [2.05, 4.69) is 15.6 Å². The average Bonchev–Trinajstić information content (AvgIpc) is 3.12. The Balaban J connectivity index is 0.00000160. The van der Waals surface area contributed by atoms with Crippen molar-refractivity contribution in [1.82, 2.24) is 20.2 Å². The van der Waals surface area contributed by atoms with Crippen molar-refractivity contribution in [3.8, 4) is 0 Å². The minimum absolute atomic E-state index is 0. The van der Waals surface area contributed by atoms with Gasteiger partial charge in [-0.25, -0.2) is 13.8 Å². The summed E-state index contributed by atoms with van der Waals surface area (Å²) in [5, 5.41) is 6.32. The summed E-state index contributed by atoms with van der Waals surface area (Å²) in [4.78, 5) is 16.9. The number of nitrogens with one attached hydrogen (secondary N) is 2. The van der Waals surface area contributed by atoms with Crippen molar-refractivity contribution < 1.29 is 13.6 Å². The fourth-order valence-electron chi connectivity index (χ4n) is 3.84. The fraction of sp³-hybridized carbons (Fsp3) is 0.333. The molecule has 9 heteroatoms. The molecule has 5 nitrogen and oxygen atoms in total. The average molecular weight is 457 g/mol. The topological polar surface area (TPSA) is 59.0 Å². The van der Waals surface area contributed by atoms with Gasteiger partial charge in [0.15, 0.2) is 11.6 Å². The molecule has 1 aliphatic heterocycles. The van der Waals surface area contributed by atoms with Gasteiger partial charge in [0, 0.05) is 31.5 Å². The van der Waals surface area contributed by atoms with Gasteiger partial charge < -0.3 is 15.2 Å². The number of hydrogen-bond acceptors (Lipinski definition) is 3. The first-order valence-electron chi connectivity index (χ1n) is 9.47. The molecule has 4 rings (SSSR count). The van der Waals surface area contributed by atoms with Crippen LogP contribution in [0.25, 0.3) is 11.0 Å². The van der Waals surface area contributed by atoms with Crippen LogP contribution in [0.4, 0.5) is 8.78 Å². The first kappa shape index (κ1) is 24.1. The number of aryl methyl sites for hydroxylation is 1. The molecule has 0 radical (unpaired) electrons. The van der Waals surface area contributed by atoms with E-state index in [1.165, 1.54) is 6.07 Å². The number of carbonyl (C=O) groups is 1. The lowest BCUT2D eigenvalue weighted by Gasteiger charge is -2.33. The standard InChI is InChI=1S/C21H22F2N4O.2ClH/c22-16-6-5-14(11-17(16)23)15-7-9-24-12-19(15)26-21(28)8-10-27-13-25-18-3-1-2-4-20(18)27;;/h1-6,11,13,15,19,24H,7-10,12H2,(H,26,28);2*1H. The maximum absolute atomic E-state index is 13.6. The Hall–Kier alpha value is -2.22. The lowest BCUT2D eigenvalue weighted by Crippen LogP contribution is -2.50. The third-order valence-electron chi connectivity index (χ3n) is 5.31. The smallest absolute Gasteiger partial charge is 0.222 e. The van der Waals surface area contributed by atoms with E-state index in [1.54, 1.807) is 12.4 Å². The minimum atomic E-state index is -0.856. The van der Waals surface area contributed by atoms with Gasteiger partial charge in [0.05, 0.1) is 17.4 Å². The van der Waals surface area contributed by atoms with E-state index >= 15 is 0 Å². The lowest BCUT2D eigenvalue weighted by molar-refractivity contribution is -0.122. The summed E-state index contributed by atoms with van der Waals surface area (Å²) < 4.78 is 28.9. The summed E-state index contributed by atoms with van der Waals surface area (Å²) in [6.45, 7) is 1.91. The summed E-state index contributed by atoms with van der Waals surface area (Å²) in [6.07, 6.45) is 2.81. The summed E-state index contributed by atoms with van der Waals surface area (Å²) >= 11 is 0. The van der Waals surface area contributed by atoms with Crippen molar-refractivity contribution in [2.75, 3.05) is 13.1 Å². The number of piperidine rings is 1. The number of amides is 1. The maximum Gasteiger partial charge on any atom is 0.222 e. The molecule has 0 spiro atoms. The number of rotatable bonds is 5. The minimum Gasteiger partial charge on any atom is -0.351 e. The van der Waals surface area contributed by atoms with Crippen LogP contribution in [0.3, 0.4) is 0 Å². The summed E-state index contributed by atoms with van der Waals surface area (Å²) in [6, 6.07) is 11.6. The van der Waals surface area contributed by atoms with Gasteiger partial charge in [0.25, 0.3) is 0 Å². The molecule has 2 heterocycles. The van der Waals surface area contributed by atoms with Crippen molar-refractivity contribution in [3.05, 3.63) is 66.0 Å². The second-order valence-corrected chi connectivity index (χ2v) is 7.12. The zero-order chi connectivity index (χ0) is 19.5. The fourth-order valence-corrected chi connectivity index (χ4v) is 3.84. The van der Waals surface area contributed by atoms with Gasteiger partial charge in [-0.3, -0.25) is 4.79 Å². The highest BCUT2D eigenvalue weighted by atomic mass is 35.5. The third kappa shape index (κ3) is 5.28. The largest absolute Gasteiger partial charge is 0.351 e. The van der Waals surface area contributed by atoms with Crippen molar-refractivity contribution in [2.45, 2.75) is 31.3 Å². The Kier molecular flexibility index (Phi) is 8.58. The number of para-hydroxylation sites is 2. The van der Waals surface area contributed by atoms with E-state index < -0.39 is 11.6 Å². The van der Waals surface area contributed by atoms with Crippen molar-refractivity contribution in [2.24, 2.45) is 0 Å². The molecule has 2 N–H and O–H groups in total. The van der Waals surface area contributed by atoms with E-state index in [1.807, 2.05) is 28.8 Å². The highest BCUT2D eigenvalue weighted by Gasteiger charge is 2.28. The SMILES string of the molecule is Cl.Cl.O=C(CCn1cnc2ccccc21)NC1CNCCC1c1ccc(F)c(F)c1. The van der Waals surface area contributed by atoms with Gasteiger partial charge in [0.2, 0.25) is 5.91 Å². The van der Waals surface area contributed by atoms with Gasteiger partial charge >= 0.3 is 0 Å². The highest BCUT2D eigenvalue weighted by molar-refractivity contribution is 5.85. The molecule has 3 aromatic rings. The Labute approximate surface area is 186 Å². The predicted molar refractivity (Wildman–Crippen MR) is 117 cm³/mol. The number of nitrogens with zero attached hydrogens (tertiary/aromatic N) is 2. The zero-order valence-corrected chi connectivity index (χ0v) is 17.8. The molecule has 2 aromatic carbocycles. The number of aromatic nitrogens is 2. The van der Waals surface area contributed by atoms with Crippen molar-refractivity contribution in [3.63, 3.8) is 0 Å². The Morgan fingerprint density at radius 2 is 1.97 bits per heavy atom. The molecule has 0 aliphatic carbocycles. The van der Waals surface area contributed by atoms with E-state index in [-0.39, 0.29) is 42.7 Å². The number of hydrogen-bond donors (Lipinski definition) is 2. The van der Waals surface area contributed by atoms with Gasteiger partial charge in [-0.2, -0.15) is 0 Å². The molecular weight excluding hydrogens is 433 g/mol. The molecule has 2 unspecified atom stereocenters. The van der Waals surface area contributed by atoms with Crippen LogP contribution in [-0.2, 0) is 11.3 Å². The molecule has 30 heavy (non-hydrogen) atoms. The number of imidazole rings is 1. The van der Waals surface area contributed by atoms with Crippen LogP contribution in [-0.4, -0.2) is 34.6 Å². The second-order valence-electron chi connectivity index (χ2n) is 7.12. The molecule has 0 saturated carbocycles. The number of carbonyl (C=O) groups excluding carboxylic acids is 1. The van der Waals surface area contributed by atoms with Crippen LogP contribution in [0.2, 0.25) is 0 Å². The Bertz CT molecular complexity index is 998. The summed E-state index contributed by atoms with van der Waals surface area (Å²) in [5.41, 5.74) is 2.61. The van der Waals surface area contributed by atoms with E-state index in [4.69, 9.17) is 0 Å². The number of halogens is 4. The maximum atomic E-state index is 13.6. The lowest BCUT2D eigenvalue weighted by atomic mass is 9.86. The van der Waals surface area contributed by atoms with Crippen LogP contribution in [0.15, 0.2) is 48.8 Å². The first-order valence-corrected chi connectivity index (χ1v) is 9.47. The van der Waals surface area contributed by atoms with Gasteiger partial charge in [-0.15, -0.1) is 24.8 Å². The predicted octanol–water partition coefficient (Wildman–Crippen LogP) is 3.81. The Morgan fingerprint density at radius 1 is 1.17 bits per heavy atom. The zero-order valence-electron chi connectivity index (χ0n) is 16.2. The molecule has 1 aliphatic rings. The first-order chi connectivity index (χ1) is 13.6. The van der Waals surface area contributed by atoms with E-state index in [0.717, 1.165) is 30.1 Å². The van der Waals surface area contributed by atoms with Gasteiger partial charge in [-0.1, -0.05) is 18.2 Å². The van der Waals surface area contributed by atoms with Gasteiger partial charge in [-0.05, 0) is 42.8 Å². The third-order valence-corrected chi connectivity index (χ3v) is 5.31. The number of fused-ring (bicyclic) bond motifs is 1. The van der Waals surface area contributed by atoms with Crippen LogP contribution in [0.1, 0.15) is 24.3 Å². The summed E-state index contributed by atoms with van der Waals surface area (Å²) in [7, 11) is 0. The molecule has 1 amide bonds. The van der Waals surface area contributed by atoms with Crippen molar-refractivity contribution in [1.29, 1.82) is 0 Å². The molecule has 1 fully saturated rings. The molecule has 162 valence electrons. The number of benzene rings is 2. The van der Waals surface area contributed by atoms with Crippen LogP contribution >= 0.6 is 24.8 Å². The monoisotopic (exact) mass is 456 g/mol. The van der Waals surface area contributed by atoms with Crippen LogP contribution in [0, 0.1) is 11.6 Å². The second kappa shape index (κ2) is 10.7.